The van der Waals surface area contributed by atoms with Crippen LogP contribution in [0.15, 0.2) is 0 Å². The van der Waals surface area contributed by atoms with Crippen LogP contribution in [0.25, 0.3) is 0 Å². The first-order valence-corrected chi connectivity index (χ1v) is 28.7. The molecule has 0 aromatic rings. The minimum Gasteiger partial charge on any atom is -0.462 e. The van der Waals surface area contributed by atoms with Crippen molar-refractivity contribution in [2.45, 2.75) is 330 Å². The van der Waals surface area contributed by atoms with Gasteiger partial charge in [-0.05, 0) is 31.1 Å². The lowest BCUT2D eigenvalue weighted by atomic mass is 10.0. The summed E-state index contributed by atoms with van der Waals surface area (Å²) < 4.78 is 16.9. The number of rotatable bonds is 52. The van der Waals surface area contributed by atoms with E-state index in [4.69, 9.17) is 14.2 Å². The third kappa shape index (κ3) is 51.4. The van der Waals surface area contributed by atoms with E-state index in [0.29, 0.717) is 19.3 Å². The van der Waals surface area contributed by atoms with Crippen molar-refractivity contribution in [2.24, 2.45) is 11.8 Å². The Kier molecular flexibility index (Phi) is 49.6. The third-order valence-electron chi connectivity index (χ3n) is 13.2. The predicted molar refractivity (Wildman–Crippen MR) is 275 cm³/mol. The van der Waals surface area contributed by atoms with Gasteiger partial charge in [0.05, 0.1) is 0 Å². The summed E-state index contributed by atoms with van der Waals surface area (Å²) in [6.45, 7) is 11.4. The maximum Gasteiger partial charge on any atom is 0.306 e. The zero-order valence-electron chi connectivity index (χ0n) is 43.9. The summed E-state index contributed by atoms with van der Waals surface area (Å²) in [6, 6.07) is 0. The highest BCUT2D eigenvalue weighted by atomic mass is 16.6. The second kappa shape index (κ2) is 50.8. The zero-order valence-corrected chi connectivity index (χ0v) is 43.9. The van der Waals surface area contributed by atoms with Crippen LogP contribution < -0.4 is 0 Å². The first-order valence-electron chi connectivity index (χ1n) is 28.7. The summed E-state index contributed by atoms with van der Waals surface area (Å²) in [4.78, 5) is 38.1. The van der Waals surface area contributed by atoms with E-state index < -0.39 is 6.10 Å². The van der Waals surface area contributed by atoms with Gasteiger partial charge in [0.1, 0.15) is 13.2 Å². The number of unbranched alkanes of at least 4 members (excludes halogenated alkanes) is 37. The molecule has 0 aromatic heterocycles. The minimum absolute atomic E-state index is 0.0631. The standard InChI is InChI=1S/C58H112O6/c1-6-7-8-9-10-11-12-13-21-25-28-35-40-45-50-58(61)64-55(52-63-57(60)49-44-39-34-30-29-32-37-42-47-54(4)5)51-62-56(59)48-43-38-33-27-24-22-19-17-15-14-16-18-20-23-26-31-36-41-46-53(2)3/h53-55H,6-52H2,1-5H3/t55-/m1/s1. The predicted octanol–water partition coefficient (Wildman–Crippen LogP) is 18.9. The molecule has 6 nitrogen and oxygen atoms in total. The van der Waals surface area contributed by atoms with E-state index >= 15 is 0 Å². The van der Waals surface area contributed by atoms with Crippen molar-refractivity contribution in [1.82, 2.24) is 0 Å². The molecule has 0 unspecified atom stereocenters. The van der Waals surface area contributed by atoms with Gasteiger partial charge in [-0.25, -0.2) is 0 Å². The van der Waals surface area contributed by atoms with Crippen LogP contribution in [0.4, 0.5) is 0 Å². The molecular formula is C58H112O6. The van der Waals surface area contributed by atoms with Gasteiger partial charge in [-0.15, -0.1) is 0 Å². The largest absolute Gasteiger partial charge is 0.462 e. The second-order valence-corrected chi connectivity index (χ2v) is 20.9. The minimum atomic E-state index is -0.762. The topological polar surface area (TPSA) is 78.9 Å². The van der Waals surface area contributed by atoms with Crippen LogP contribution in [0.1, 0.15) is 324 Å². The summed E-state index contributed by atoms with van der Waals surface area (Å²) in [6.07, 6.45) is 53.9. The number of carbonyl (C=O) groups is 3. The molecule has 0 rings (SSSR count). The lowest BCUT2D eigenvalue weighted by Crippen LogP contribution is -2.30. The number of ether oxygens (including phenoxy) is 3. The van der Waals surface area contributed by atoms with Gasteiger partial charge < -0.3 is 14.2 Å². The molecule has 0 spiro atoms. The van der Waals surface area contributed by atoms with Gasteiger partial charge in [-0.1, -0.05) is 285 Å². The molecule has 6 heteroatoms. The average Bonchev–Trinajstić information content (AvgIpc) is 3.27. The molecule has 0 aromatic carbocycles. The van der Waals surface area contributed by atoms with E-state index in [-0.39, 0.29) is 31.1 Å². The maximum absolute atomic E-state index is 12.8. The average molecular weight is 906 g/mol. The first kappa shape index (κ1) is 62.4. The molecule has 0 amide bonds. The highest BCUT2D eigenvalue weighted by Crippen LogP contribution is 2.18. The van der Waals surface area contributed by atoms with Crippen LogP contribution >= 0.6 is 0 Å². The Hall–Kier alpha value is -1.59. The van der Waals surface area contributed by atoms with Crippen molar-refractivity contribution in [3.8, 4) is 0 Å². The van der Waals surface area contributed by atoms with Gasteiger partial charge in [0, 0.05) is 19.3 Å². The molecule has 380 valence electrons. The summed E-state index contributed by atoms with van der Waals surface area (Å²) in [5.74, 6) is 0.813. The number of hydrogen-bond donors (Lipinski definition) is 0. The fourth-order valence-electron chi connectivity index (χ4n) is 8.87. The molecule has 0 bridgehead atoms. The van der Waals surface area contributed by atoms with Gasteiger partial charge in [-0.3, -0.25) is 14.4 Å². The Bertz CT molecular complexity index is 978. The SMILES string of the molecule is CCCCCCCCCCCCCCCCC(=O)O[C@H](COC(=O)CCCCCCCCCCCCCCCCCCCCC(C)C)COC(=O)CCCCCCCCCCC(C)C. The Balaban J connectivity index is 4.22. The number of esters is 3. The molecule has 1 atom stereocenters. The molecule has 0 aliphatic heterocycles. The Morgan fingerprint density at radius 1 is 0.297 bits per heavy atom. The molecule has 64 heavy (non-hydrogen) atoms. The maximum atomic E-state index is 12.8. The van der Waals surface area contributed by atoms with Crippen molar-refractivity contribution in [1.29, 1.82) is 0 Å². The molecule has 0 N–H and O–H groups in total. The van der Waals surface area contributed by atoms with E-state index in [0.717, 1.165) is 69.6 Å². The van der Waals surface area contributed by atoms with Gasteiger partial charge in [0.2, 0.25) is 0 Å². The molecule has 0 aliphatic carbocycles. The van der Waals surface area contributed by atoms with E-state index in [9.17, 15) is 14.4 Å². The Labute approximate surface area is 399 Å². The molecule has 0 saturated heterocycles. The summed E-state index contributed by atoms with van der Waals surface area (Å²) in [7, 11) is 0. The summed E-state index contributed by atoms with van der Waals surface area (Å²) in [5.41, 5.74) is 0. The van der Waals surface area contributed by atoms with Gasteiger partial charge in [0.15, 0.2) is 6.10 Å². The quantitative estimate of drug-likeness (QED) is 0.0344. The lowest BCUT2D eigenvalue weighted by Gasteiger charge is -2.18. The second-order valence-electron chi connectivity index (χ2n) is 20.9. The third-order valence-corrected chi connectivity index (χ3v) is 13.2. The van der Waals surface area contributed by atoms with E-state index in [1.54, 1.807) is 0 Å². The van der Waals surface area contributed by atoms with Crippen molar-refractivity contribution in [3.63, 3.8) is 0 Å². The molecule has 0 heterocycles. The van der Waals surface area contributed by atoms with Crippen LogP contribution in [-0.2, 0) is 28.6 Å². The normalized spacial score (nSPS) is 12.0. The van der Waals surface area contributed by atoms with Crippen LogP contribution in [-0.4, -0.2) is 37.2 Å². The van der Waals surface area contributed by atoms with Gasteiger partial charge in [-0.2, -0.15) is 0 Å². The number of carbonyl (C=O) groups excluding carboxylic acids is 3. The first-order chi connectivity index (χ1) is 31.2. The van der Waals surface area contributed by atoms with Crippen LogP contribution in [0, 0.1) is 11.8 Å². The van der Waals surface area contributed by atoms with Crippen molar-refractivity contribution >= 4 is 17.9 Å². The summed E-state index contributed by atoms with van der Waals surface area (Å²) in [5, 5.41) is 0. The highest BCUT2D eigenvalue weighted by Gasteiger charge is 2.19. The monoisotopic (exact) mass is 905 g/mol. The van der Waals surface area contributed by atoms with Crippen LogP contribution in [0.3, 0.4) is 0 Å². The molecule has 0 radical (unpaired) electrons. The van der Waals surface area contributed by atoms with E-state index in [1.807, 2.05) is 0 Å². The summed E-state index contributed by atoms with van der Waals surface area (Å²) >= 11 is 0. The van der Waals surface area contributed by atoms with Crippen LogP contribution in [0.5, 0.6) is 0 Å². The fourth-order valence-corrected chi connectivity index (χ4v) is 8.87. The fraction of sp³-hybridized carbons (Fsp3) is 0.948. The molecule has 0 fully saturated rings. The van der Waals surface area contributed by atoms with Gasteiger partial charge >= 0.3 is 17.9 Å². The lowest BCUT2D eigenvalue weighted by molar-refractivity contribution is -0.167. The molecule has 0 aliphatic rings. The smallest absolute Gasteiger partial charge is 0.306 e. The Morgan fingerprint density at radius 3 is 0.766 bits per heavy atom. The number of hydrogen-bond acceptors (Lipinski definition) is 6. The highest BCUT2D eigenvalue weighted by molar-refractivity contribution is 5.71. The zero-order chi connectivity index (χ0) is 46.8. The Morgan fingerprint density at radius 2 is 0.516 bits per heavy atom. The molecular weight excluding hydrogens is 793 g/mol. The molecule has 0 saturated carbocycles. The van der Waals surface area contributed by atoms with Gasteiger partial charge in [0.25, 0.3) is 0 Å². The van der Waals surface area contributed by atoms with Crippen molar-refractivity contribution in [3.05, 3.63) is 0 Å². The van der Waals surface area contributed by atoms with Crippen molar-refractivity contribution in [2.75, 3.05) is 13.2 Å². The van der Waals surface area contributed by atoms with E-state index in [2.05, 4.69) is 34.6 Å². The van der Waals surface area contributed by atoms with Crippen LogP contribution in [0.2, 0.25) is 0 Å². The van der Waals surface area contributed by atoms with Crippen molar-refractivity contribution < 1.29 is 28.6 Å². The van der Waals surface area contributed by atoms with E-state index in [1.165, 1.54) is 212 Å².